The fourth-order valence-electron chi connectivity index (χ4n) is 6.86. The normalized spacial score (nSPS) is 23.8. The molecule has 4 aliphatic rings. The standard InChI is InChI=1S/C35H38BNO5/c1-34(2)35(3,4)42-36(41-34)25-11-9-10-23(17-25)16-24-18-26-20-39-21-27(19-24)37(26)33(38)40-22-32-30-14-7-5-12-28(30)29-13-6-8-15-31(29)32/h5-15,17-18,26-27,32H,16,19-22H2,1-4H3. The molecule has 3 aromatic carbocycles. The van der Waals surface area contributed by atoms with Crippen LogP contribution in [0.1, 0.15) is 56.7 Å². The number of fused-ring (bicyclic) bond motifs is 5. The second kappa shape index (κ2) is 10.4. The lowest BCUT2D eigenvalue weighted by molar-refractivity contribution is -0.0363. The van der Waals surface area contributed by atoms with E-state index < -0.39 is 0 Å². The number of hydrogen-bond acceptors (Lipinski definition) is 5. The van der Waals surface area contributed by atoms with Gasteiger partial charge in [-0.2, -0.15) is 0 Å². The summed E-state index contributed by atoms with van der Waals surface area (Å²) in [6.07, 6.45) is 3.53. The van der Waals surface area contributed by atoms with Gasteiger partial charge in [0.05, 0.1) is 36.5 Å². The van der Waals surface area contributed by atoms with Crippen LogP contribution in [0.25, 0.3) is 11.1 Å². The Kier molecular flexibility index (Phi) is 6.80. The van der Waals surface area contributed by atoms with Gasteiger partial charge in [0.2, 0.25) is 0 Å². The van der Waals surface area contributed by atoms with E-state index in [0.717, 1.165) is 18.3 Å². The van der Waals surface area contributed by atoms with Crippen molar-refractivity contribution in [2.24, 2.45) is 0 Å². The second-order valence-corrected chi connectivity index (χ2v) is 13.0. The van der Waals surface area contributed by atoms with Gasteiger partial charge in [0, 0.05) is 5.92 Å². The first kappa shape index (κ1) is 27.4. The van der Waals surface area contributed by atoms with Crippen LogP contribution in [0.2, 0.25) is 0 Å². The maximum Gasteiger partial charge on any atom is 0.494 e. The maximum absolute atomic E-state index is 13.5. The van der Waals surface area contributed by atoms with E-state index in [9.17, 15) is 4.79 Å². The molecule has 0 aromatic heterocycles. The predicted octanol–water partition coefficient (Wildman–Crippen LogP) is 5.88. The number of hydrogen-bond donors (Lipinski definition) is 0. The van der Waals surface area contributed by atoms with Crippen LogP contribution in [0.4, 0.5) is 4.79 Å². The number of ether oxygens (including phenoxy) is 2. The molecule has 42 heavy (non-hydrogen) atoms. The van der Waals surface area contributed by atoms with Crippen molar-refractivity contribution in [3.8, 4) is 11.1 Å². The summed E-state index contributed by atoms with van der Waals surface area (Å²) in [7, 11) is -0.382. The van der Waals surface area contributed by atoms with Gasteiger partial charge in [0.1, 0.15) is 6.61 Å². The minimum atomic E-state index is -0.382. The molecule has 3 heterocycles. The molecule has 1 aliphatic carbocycles. The maximum atomic E-state index is 13.5. The quantitative estimate of drug-likeness (QED) is 0.287. The van der Waals surface area contributed by atoms with E-state index in [0.29, 0.717) is 19.8 Å². The minimum Gasteiger partial charge on any atom is -0.448 e. The number of rotatable bonds is 5. The molecule has 0 spiro atoms. The van der Waals surface area contributed by atoms with Gasteiger partial charge in [-0.05, 0) is 73.8 Å². The number of nitrogens with zero attached hydrogens (tertiary/aromatic N) is 1. The van der Waals surface area contributed by atoms with Crippen molar-refractivity contribution in [3.63, 3.8) is 0 Å². The third-order valence-electron chi connectivity index (χ3n) is 9.73. The molecule has 2 saturated heterocycles. The van der Waals surface area contributed by atoms with Crippen LogP contribution in [-0.2, 0) is 25.2 Å². The van der Waals surface area contributed by atoms with Crippen molar-refractivity contribution in [2.45, 2.75) is 69.7 Å². The molecule has 3 aliphatic heterocycles. The Morgan fingerprint density at radius 2 is 1.57 bits per heavy atom. The number of carbonyl (C=O) groups is 1. The molecule has 7 heteroatoms. The second-order valence-electron chi connectivity index (χ2n) is 13.0. The van der Waals surface area contributed by atoms with Crippen molar-refractivity contribution in [2.75, 3.05) is 19.8 Å². The van der Waals surface area contributed by atoms with Gasteiger partial charge in [0.15, 0.2) is 0 Å². The Labute approximate surface area is 248 Å². The van der Waals surface area contributed by atoms with Gasteiger partial charge >= 0.3 is 13.2 Å². The van der Waals surface area contributed by atoms with E-state index in [2.05, 4.69) is 107 Å². The van der Waals surface area contributed by atoms with Gasteiger partial charge < -0.3 is 18.8 Å². The van der Waals surface area contributed by atoms with Crippen molar-refractivity contribution >= 4 is 18.7 Å². The van der Waals surface area contributed by atoms with Crippen LogP contribution < -0.4 is 5.46 Å². The molecule has 3 aromatic rings. The van der Waals surface area contributed by atoms with Gasteiger partial charge in [-0.15, -0.1) is 0 Å². The summed E-state index contributed by atoms with van der Waals surface area (Å²) >= 11 is 0. The Hall–Kier alpha value is -3.39. The SMILES string of the molecule is CC1(C)OB(c2cccc(CC3=CC4COCC(C3)N4C(=O)OCC3c4ccccc4-c4ccccc43)c2)OC1(C)C. The highest BCUT2D eigenvalue weighted by atomic mass is 16.7. The molecular weight excluding hydrogens is 525 g/mol. The van der Waals surface area contributed by atoms with E-state index in [1.165, 1.54) is 33.4 Å². The monoisotopic (exact) mass is 563 g/mol. The first-order valence-electron chi connectivity index (χ1n) is 15.1. The Morgan fingerprint density at radius 1 is 0.905 bits per heavy atom. The summed E-state index contributed by atoms with van der Waals surface area (Å²) in [5.74, 6) is 0.0459. The van der Waals surface area contributed by atoms with Gasteiger partial charge in [-0.3, -0.25) is 4.90 Å². The van der Waals surface area contributed by atoms with Crippen LogP contribution in [0, 0.1) is 0 Å². The Morgan fingerprint density at radius 3 is 2.24 bits per heavy atom. The van der Waals surface area contributed by atoms with Crippen molar-refractivity contribution in [1.29, 1.82) is 0 Å². The van der Waals surface area contributed by atoms with Crippen LogP contribution in [0.5, 0.6) is 0 Å². The zero-order valence-electron chi connectivity index (χ0n) is 24.8. The Balaban J connectivity index is 1.04. The van der Waals surface area contributed by atoms with Crippen molar-refractivity contribution in [3.05, 3.63) is 101 Å². The fraction of sp³-hybridized carbons (Fsp3) is 0.400. The molecule has 6 nitrogen and oxygen atoms in total. The van der Waals surface area contributed by atoms with Crippen LogP contribution in [0.3, 0.4) is 0 Å². The number of amides is 1. The van der Waals surface area contributed by atoms with Crippen LogP contribution in [0.15, 0.2) is 84.4 Å². The van der Waals surface area contributed by atoms with E-state index in [1.807, 2.05) is 4.90 Å². The van der Waals surface area contributed by atoms with Crippen LogP contribution >= 0.6 is 0 Å². The molecule has 2 bridgehead atoms. The van der Waals surface area contributed by atoms with Crippen molar-refractivity contribution in [1.82, 2.24) is 4.90 Å². The number of benzene rings is 3. The Bertz CT molecular complexity index is 1490. The molecule has 1 amide bonds. The van der Waals surface area contributed by atoms with Gasteiger partial charge in [-0.25, -0.2) is 4.79 Å². The number of carbonyl (C=O) groups excluding carboxylic acids is 1. The smallest absolute Gasteiger partial charge is 0.448 e. The summed E-state index contributed by atoms with van der Waals surface area (Å²) in [6.45, 7) is 9.63. The lowest BCUT2D eigenvalue weighted by Gasteiger charge is -2.44. The largest absolute Gasteiger partial charge is 0.494 e. The van der Waals surface area contributed by atoms with E-state index in [-0.39, 0.29) is 42.4 Å². The predicted molar refractivity (Wildman–Crippen MR) is 164 cm³/mol. The first-order valence-corrected chi connectivity index (χ1v) is 15.1. The fourth-order valence-corrected chi connectivity index (χ4v) is 6.86. The highest BCUT2D eigenvalue weighted by molar-refractivity contribution is 6.62. The zero-order chi connectivity index (χ0) is 29.1. The average molecular weight is 564 g/mol. The molecule has 2 unspecified atom stereocenters. The van der Waals surface area contributed by atoms with Gasteiger partial charge in [-0.1, -0.05) is 84.4 Å². The molecule has 2 fully saturated rings. The third-order valence-corrected chi connectivity index (χ3v) is 9.73. The highest BCUT2D eigenvalue weighted by Gasteiger charge is 2.51. The van der Waals surface area contributed by atoms with Crippen LogP contribution in [-0.4, -0.2) is 61.2 Å². The van der Waals surface area contributed by atoms with E-state index >= 15 is 0 Å². The first-order chi connectivity index (χ1) is 20.2. The minimum absolute atomic E-state index is 0.0364. The summed E-state index contributed by atoms with van der Waals surface area (Å²) in [5.41, 5.74) is 7.71. The van der Waals surface area contributed by atoms with Gasteiger partial charge in [0.25, 0.3) is 0 Å². The lowest BCUT2D eigenvalue weighted by atomic mass is 9.77. The van der Waals surface area contributed by atoms with E-state index in [1.54, 1.807) is 0 Å². The molecule has 216 valence electrons. The van der Waals surface area contributed by atoms with Crippen molar-refractivity contribution < 1.29 is 23.6 Å². The van der Waals surface area contributed by atoms with E-state index in [4.69, 9.17) is 18.8 Å². The average Bonchev–Trinajstić information content (AvgIpc) is 3.40. The summed E-state index contributed by atoms with van der Waals surface area (Å²) in [5, 5.41) is 0. The molecule has 0 N–H and O–H groups in total. The molecule has 2 atom stereocenters. The number of morpholine rings is 1. The molecule has 0 radical (unpaired) electrons. The zero-order valence-corrected chi connectivity index (χ0v) is 24.8. The summed E-state index contributed by atoms with van der Waals surface area (Å²) in [6, 6.07) is 25.2. The lowest BCUT2D eigenvalue weighted by Crippen LogP contribution is -2.56. The third kappa shape index (κ3) is 4.78. The summed E-state index contributed by atoms with van der Waals surface area (Å²) in [4.78, 5) is 15.4. The molecule has 0 saturated carbocycles. The molecule has 7 rings (SSSR count). The highest BCUT2D eigenvalue weighted by Crippen LogP contribution is 2.44. The topological polar surface area (TPSA) is 57.2 Å². The molecular formula is C35H38BNO5. The summed E-state index contributed by atoms with van der Waals surface area (Å²) < 4.78 is 24.5.